The highest BCUT2D eigenvalue weighted by Crippen LogP contribution is 2.26. The Hall–Kier alpha value is -2.37. The minimum absolute atomic E-state index is 0.374. The number of rotatable bonds is 9. The van der Waals surface area contributed by atoms with Gasteiger partial charge in [-0.15, -0.1) is 0 Å². The SMILES string of the molecule is C=C/C=C(/OCC)[C@H](N[S@](=O)c1ccc(C)cc1)c1ccc(OC)cc1. The Balaban J connectivity index is 2.35. The fraction of sp³-hybridized carbons (Fsp3) is 0.238. The molecule has 0 fully saturated rings. The average Bonchev–Trinajstić information content (AvgIpc) is 2.66. The monoisotopic (exact) mass is 371 g/mol. The summed E-state index contributed by atoms with van der Waals surface area (Å²) in [4.78, 5) is 0.712. The highest BCUT2D eigenvalue weighted by molar-refractivity contribution is 7.83. The van der Waals surface area contributed by atoms with Gasteiger partial charge in [-0.3, -0.25) is 0 Å². The number of ether oxygens (including phenoxy) is 2. The summed E-state index contributed by atoms with van der Waals surface area (Å²) < 4.78 is 27.0. The molecule has 2 atom stereocenters. The van der Waals surface area contributed by atoms with Crippen molar-refractivity contribution in [3.63, 3.8) is 0 Å². The van der Waals surface area contributed by atoms with Crippen molar-refractivity contribution < 1.29 is 13.7 Å². The van der Waals surface area contributed by atoms with Crippen LogP contribution < -0.4 is 9.46 Å². The van der Waals surface area contributed by atoms with Gasteiger partial charge in [-0.25, -0.2) is 8.93 Å². The molecule has 2 aromatic carbocycles. The van der Waals surface area contributed by atoms with Crippen LogP contribution in [0.1, 0.15) is 24.1 Å². The number of methoxy groups -OCH3 is 1. The van der Waals surface area contributed by atoms with Crippen molar-refractivity contribution in [1.82, 2.24) is 4.72 Å². The molecule has 0 saturated carbocycles. The number of allylic oxidation sites excluding steroid dienone is 2. The normalized spacial score (nSPS) is 13.7. The molecule has 0 aliphatic rings. The lowest BCUT2D eigenvalue weighted by atomic mass is 10.1. The molecule has 1 N–H and O–H groups in total. The first kappa shape index (κ1) is 19.9. The van der Waals surface area contributed by atoms with Gasteiger partial charge >= 0.3 is 0 Å². The molecule has 26 heavy (non-hydrogen) atoms. The molecule has 5 heteroatoms. The largest absolute Gasteiger partial charge is 0.497 e. The first-order valence-electron chi connectivity index (χ1n) is 8.43. The topological polar surface area (TPSA) is 47.6 Å². The summed E-state index contributed by atoms with van der Waals surface area (Å²) in [6, 6.07) is 14.8. The molecule has 0 bridgehead atoms. The number of hydrogen-bond donors (Lipinski definition) is 1. The molecule has 4 nitrogen and oxygen atoms in total. The second-order valence-corrected chi connectivity index (χ2v) is 6.89. The first-order valence-corrected chi connectivity index (χ1v) is 9.58. The van der Waals surface area contributed by atoms with E-state index in [1.165, 1.54) is 0 Å². The lowest BCUT2D eigenvalue weighted by Crippen LogP contribution is -2.26. The number of aryl methyl sites for hydroxylation is 1. The van der Waals surface area contributed by atoms with Crippen molar-refractivity contribution in [3.05, 3.63) is 84.1 Å². The Labute approximate surface area is 158 Å². The summed E-state index contributed by atoms with van der Waals surface area (Å²) in [6.45, 7) is 8.17. The van der Waals surface area contributed by atoms with E-state index in [9.17, 15) is 4.21 Å². The van der Waals surface area contributed by atoms with Crippen LogP contribution >= 0.6 is 0 Å². The first-order chi connectivity index (χ1) is 12.6. The van der Waals surface area contributed by atoms with Crippen molar-refractivity contribution >= 4 is 11.0 Å². The maximum Gasteiger partial charge on any atom is 0.125 e. The van der Waals surface area contributed by atoms with Crippen LogP contribution in [0, 0.1) is 6.92 Å². The molecule has 0 radical (unpaired) electrons. The lowest BCUT2D eigenvalue weighted by molar-refractivity contribution is 0.206. The number of nitrogens with one attached hydrogen (secondary N) is 1. The summed E-state index contributed by atoms with van der Waals surface area (Å²) in [5.74, 6) is 1.42. The third-order valence-electron chi connectivity index (χ3n) is 3.79. The van der Waals surface area contributed by atoms with Crippen molar-refractivity contribution in [2.75, 3.05) is 13.7 Å². The quantitative estimate of drug-likeness (QED) is 0.523. The molecule has 0 spiro atoms. The highest BCUT2D eigenvalue weighted by atomic mass is 32.2. The summed E-state index contributed by atoms with van der Waals surface area (Å²) in [5.41, 5.74) is 2.05. The van der Waals surface area contributed by atoms with Crippen LogP contribution in [0.3, 0.4) is 0 Å². The van der Waals surface area contributed by atoms with Crippen molar-refractivity contribution in [3.8, 4) is 5.75 Å². The van der Waals surface area contributed by atoms with Gasteiger partial charge in [0, 0.05) is 0 Å². The fourth-order valence-corrected chi connectivity index (χ4v) is 3.42. The van der Waals surface area contributed by atoms with E-state index in [2.05, 4.69) is 11.3 Å². The van der Waals surface area contributed by atoms with E-state index >= 15 is 0 Å². The van der Waals surface area contributed by atoms with E-state index in [1.54, 1.807) is 19.3 Å². The van der Waals surface area contributed by atoms with E-state index in [4.69, 9.17) is 9.47 Å². The number of hydrogen-bond acceptors (Lipinski definition) is 3. The average molecular weight is 372 g/mol. The Morgan fingerprint density at radius 2 is 1.85 bits per heavy atom. The predicted octanol–water partition coefficient (Wildman–Crippen LogP) is 4.46. The minimum Gasteiger partial charge on any atom is -0.497 e. The predicted molar refractivity (Wildman–Crippen MR) is 106 cm³/mol. The molecule has 138 valence electrons. The van der Waals surface area contributed by atoms with Crippen molar-refractivity contribution in [2.45, 2.75) is 24.8 Å². The third kappa shape index (κ3) is 5.31. The fourth-order valence-electron chi connectivity index (χ4n) is 2.43. The van der Waals surface area contributed by atoms with Gasteiger partial charge in [0.25, 0.3) is 0 Å². The zero-order valence-electron chi connectivity index (χ0n) is 15.4. The zero-order valence-corrected chi connectivity index (χ0v) is 16.2. The van der Waals surface area contributed by atoms with E-state index in [0.717, 1.165) is 16.9 Å². The summed E-state index contributed by atoms with van der Waals surface area (Å²) in [6.07, 6.45) is 3.45. The van der Waals surface area contributed by atoms with Crippen molar-refractivity contribution in [2.24, 2.45) is 0 Å². The summed E-state index contributed by atoms with van der Waals surface area (Å²) in [5, 5.41) is 0. The summed E-state index contributed by atoms with van der Waals surface area (Å²) >= 11 is 0. The van der Waals surface area contributed by atoms with Gasteiger partial charge in [-0.05, 0) is 49.8 Å². The third-order valence-corrected chi connectivity index (χ3v) is 4.94. The van der Waals surface area contributed by atoms with Gasteiger partial charge in [0.1, 0.15) is 28.5 Å². The summed E-state index contributed by atoms with van der Waals surface area (Å²) in [7, 11) is 0.232. The van der Waals surface area contributed by atoms with E-state index in [0.29, 0.717) is 17.3 Å². The van der Waals surface area contributed by atoms with E-state index in [1.807, 2.05) is 62.4 Å². The minimum atomic E-state index is -1.39. The Kier molecular flexibility index (Phi) is 7.63. The van der Waals surface area contributed by atoms with Crippen LogP contribution in [0.15, 0.2) is 77.9 Å². The number of benzene rings is 2. The highest BCUT2D eigenvalue weighted by Gasteiger charge is 2.21. The zero-order chi connectivity index (χ0) is 18.9. The second-order valence-electron chi connectivity index (χ2n) is 5.64. The van der Waals surface area contributed by atoms with Gasteiger partial charge in [0.15, 0.2) is 0 Å². The Bertz CT molecular complexity index is 767. The molecule has 0 aliphatic carbocycles. The van der Waals surface area contributed by atoms with Gasteiger partial charge < -0.3 is 9.47 Å². The van der Waals surface area contributed by atoms with E-state index < -0.39 is 11.0 Å². The lowest BCUT2D eigenvalue weighted by Gasteiger charge is -2.22. The van der Waals surface area contributed by atoms with E-state index in [-0.39, 0.29) is 6.04 Å². The maximum absolute atomic E-state index is 12.8. The molecule has 0 amide bonds. The molecular formula is C21H25NO3S. The molecule has 0 heterocycles. The standard InChI is InChI=1S/C21H25NO3S/c1-5-7-20(25-6-2)21(17-10-12-18(24-4)13-11-17)22-26(23)19-14-8-16(3)9-15-19/h5,7-15,21-22H,1,6H2,2-4H3/b20-7+/t21-,26-/m1/s1. The Morgan fingerprint density at radius 1 is 1.19 bits per heavy atom. The smallest absolute Gasteiger partial charge is 0.125 e. The van der Waals surface area contributed by atoms with Crippen LogP contribution in [0.25, 0.3) is 0 Å². The molecule has 2 rings (SSSR count). The van der Waals surface area contributed by atoms with Crippen LogP contribution in [0.4, 0.5) is 0 Å². The van der Waals surface area contributed by atoms with Gasteiger partial charge in [-0.1, -0.05) is 42.5 Å². The van der Waals surface area contributed by atoms with Crippen LogP contribution in [-0.2, 0) is 15.7 Å². The molecule has 0 aromatic heterocycles. The van der Waals surface area contributed by atoms with Crippen LogP contribution in [0.2, 0.25) is 0 Å². The Morgan fingerprint density at radius 3 is 2.38 bits per heavy atom. The maximum atomic E-state index is 12.8. The molecule has 0 saturated heterocycles. The molecule has 2 aromatic rings. The van der Waals surface area contributed by atoms with Gasteiger partial charge in [0.05, 0.1) is 18.6 Å². The molecule has 0 aliphatic heterocycles. The van der Waals surface area contributed by atoms with Gasteiger partial charge in [0.2, 0.25) is 0 Å². The van der Waals surface area contributed by atoms with Crippen LogP contribution in [-0.4, -0.2) is 17.9 Å². The van der Waals surface area contributed by atoms with Gasteiger partial charge in [-0.2, -0.15) is 0 Å². The second kappa shape index (κ2) is 9.94. The molecule has 0 unspecified atom stereocenters. The van der Waals surface area contributed by atoms with Crippen molar-refractivity contribution in [1.29, 1.82) is 0 Å². The van der Waals surface area contributed by atoms with Crippen LogP contribution in [0.5, 0.6) is 5.75 Å². The molecular weight excluding hydrogens is 346 g/mol.